The van der Waals surface area contributed by atoms with Gasteiger partial charge in [-0.25, -0.2) is 8.78 Å². The van der Waals surface area contributed by atoms with Crippen LogP contribution in [0.25, 0.3) is 5.69 Å². The molecule has 2 aromatic rings. The molecule has 0 fully saturated rings. The molecule has 0 bridgehead atoms. The summed E-state index contributed by atoms with van der Waals surface area (Å²) in [6, 6.07) is 5.58. The quantitative estimate of drug-likeness (QED) is 0.885. The van der Waals surface area contributed by atoms with Crippen molar-refractivity contribution in [2.75, 3.05) is 0 Å². The van der Waals surface area contributed by atoms with E-state index in [0.29, 0.717) is 4.68 Å². The van der Waals surface area contributed by atoms with Crippen molar-refractivity contribution in [2.24, 2.45) is 0 Å². The predicted molar refractivity (Wildman–Crippen MR) is 60.7 cm³/mol. The second-order valence-electron chi connectivity index (χ2n) is 3.63. The van der Waals surface area contributed by atoms with E-state index in [0.717, 1.165) is 24.3 Å². The molecule has 2 rings (SSSR count). The SMILES string of the molecule is N#CCc1nn(-c2c(F)cccc2F)c(=O)cc1O. The third kappa shape index (κ3) is 2.28. The minimum atomic E-state index is -0.969. The second-order valence-corrected chi connectivity index (χ2v) is 3.63. The molecule has 0 aliphatic rings. The van der Waals surface area contributed by atoms with E-state index in [-0.39, 0.29) is 12.1 Å². The Morgan fingerprint density at radius 1 is 1.37 bits per heavy atom. The van der Waals surface area contributed by atoms with E-state index in [1.807, 2.05) is 0 Å². The second kappa shape index (κ2) is 4.86. The van der Waals surface area contributed by atoms with Gasteiger partial charge in [0.05, 0.1) is 12.5 Å². The lowest BCUT2D eigenvalue weighted by Gasteiger charge is -2.08. The molecule has 0 unspecified atom stereocenters. The number of aromatic hydroxyl groups is 1. The van der Waals surface area contributed by atoms with Gasteiger partial charge in [-0.05, 0) is 12.1 Å². The van der Waals surface area contributed by atoms with Crippen LogP contribution >= 0.6 is 0 Å². The summed E-state index contributed by atoms with van der Waals surface area (Å²) in [7, 11) is 0. The Bertz CT molecular complexity index is 714. The van der Waals surface area contributed by atoms with Gasteiger partial charge in [-0.3, -0.25) is 4.79 Å². The number of benzene rings is 1. The molecule has 19 heavy (non-hydrogen) atoms. The van der Waals surface area contributed by atoms with Crippen LogP contribution in [0.1, 0.15) is 5.69 Å². The maximum atomic E-state index is 13.6. The first-order valence-corrected chi connectivity index (χ1v) is 5.18. The zero-order valence-electron chi connectivity index (χ0n) is 9.47. The van der Waals surface area contributed by atoms with E-state index in [9.17, 15) is 18.7 Å². The van der Waals surface area contributed by atoms with Crippen molar-refractivity contribution < 1.29 is 13.9 Å². The molecule has 0 saturated carbocycles. The molecule has 0 saturated heterocycles. The minimum Gasteiger partial charge on any atom is -0.506 e. The molecule has 96 valence electrons. The van der Waals surface area contributed by atoms with Gasteiger partial charge in [-0.15, -0.1) is 0 Å². The number of hydrogen-bond donors (Lipinski definition) is 1. The summed E-state index contributed by atoms with van der Waals surface area (Å²) >= 11 is 0. The summed E-state index contributed by atoms with van der Waals surface area (Å²) in [6.45, 7) is 0. The fourth-order valence-corrected chi connectivity index (χ4v) is 1.53. The van der Waals surface area contributed by atoms with Gasteiger partial charge >= 0.3 is 0 Å². The van der Waals surface area contributed by atoms with Crippen LogP contribution in [-0.4, -0.2) is 14.9 Å². The summed E-state index contributed by atoms with van der Waals surface area (Å²) in [4.78, 5) is 11.6. The topological polar surface area (TPSA) is 78.9 Å². The van der Waals surface area contributed by atoms with Crippen molar-refractivity contribution in [1.29, 1.82) is 5.26 Å². The highest BCUT2D eigenvalue weighted by atomic mass is 19.1. The lowest BCUT2D eigenvalue weighted by molar-refractivity contribution is 0.456. The predicted octanol–water partition coefficient (Wildman–Crippen LogP) is 1.28. The molecule has 5 nitrogen and oxygen atoms in total. The highest BCUT2D eigenvalue weighted by Gasteiger charge is 2.16. The molecule has 1 N–H and O–H groups in total. The van der Waals surface area contributed by atoms with Gasteiger partial charge in [-0.1, -0.05) is 6.07 Å². The van der Waals surface area contributed by atoms with Crippen LogP contribution in [-0.2, 0) is 6.42 Å². The number of nitriles is 1. The van der Waals surface area contributed by atoms with Gasteiger partial charge in [0.1, 0.15) is 17.1 Å². The zero-order valence-corrected chi connectivity index (χ0v) is 9.47. The largest absolute Gasteiger partial charge is 0.506 e. The maximum Gasteiger partial charge on any atom is 0.275 e. The highest BCUT2D eigenvalue weighted by molar-refractivity contribution is 5.36. The number of halogens is 2. The molecule has 1 aromatic heterocycles. The molecule has 1 aromatic carbocycles. The Kier molecular flexibility index (Phi) is 3.25. The number of nitrogens with zero attached hydrogens (tertiary/aromatic N) is 3. The van der Waals surface area contributed by atoms with Gasteiger partial charge < -0.3 is 5.11 Å². The van der Waals surface area contributed by atoms with Crippen LogP contribution in [0.5, 0.6) is 5.75 Å². The standard InChI is InChI=1S/C12H7F2N3O2/c13-7-2-1-3-8(14)12(7)17-11(19)6-10(18)9(16-17)4-5-15/h1-3,6,18H,4H2. The molecule has 0 radical (unpaired) electrons. The van der Waals surface area contributed by atoms with Crippen LogP contribution in [0.3, 0.4) is 0 Å². The van der Waals surface area contributed by atoms with Gasteiger partial charge in [0.15, 0.2) is 11.6 Å². The lowest BCUT2D eigenvalue weighted by atomic mass is 10.2. The van der Waals surface area contributed by atoms with Crippen molar-refractivity contribution in [3.05, 3.63) is 51.9 Å². The average Bonchev–Trinajstić information content (AvgIpc) is 2.34. The van der Waals surface area contributed by atoms with Crippen molar-refractivity contribution in [1.82, 2.24) is 9.78 Å². The zero-order chi connectivity index (χ0) is 14.0. The van der Waals surface area contributed by atoms with Crippen molar-refractivity contribution >= 4 is 0 Å². The van der Waals surface area contributed by atoms with Crippen molar-refractivity contribution in [2.45, 2.75) is 6.42 Å². The van der Waals surface area contributed by atoms with Crippen LogP contribution < -0.4 is 5.56 Å². The van der Waals surface area contributed by atoms with E-state index in [1.54, 1.807) is 6.07 Å². The smallest absolute Gasteiger partial charge is 0.275 e. The Labute approximate surface area is 106 Å². The van der Waals surface area contributed by atoms with Crippen LogP contribution in [0.4, 0.5) is 8.78 Å². The van der Waals surface area contributed by atoms with E-state index < -0.39 is 28.6 Å². The van der Waals surface area contributed by atoms with E-state index in [4.69, 9.17) is 5.26 Å². The molecular formula is C12H7F2N3O2. The van der Waals surface area contributed by atoms with Crippen LogP contribution in [0.15, 0.2) is 29.1 Å². The van der Waals surface area contributed by atoms with Gasteiger partial charge in [-0.2, -0.15) is 15.0 Å². The highest BCUT2D eigenvalue weighted by Crippen LogP contribution is 2.17. The molecule has 0 atom stereocenters. The Morgan fingerprint density at radius 2 is 2.00 bits per heavy atom. The van der Waals surface area contributed by atoms with E-state index >= 15 is 0 Å². The summed E-state index contributed by atoms with van der Waals surface area (Å²) in [6.07, 6.45) is -0.289. The van der Waals surface area contributed by atoms with E-state index in [2.05, 4.69) is 5.10 Å². The number of hydrogen-bond acceptors (Lipinski definition) is 4. The van der Waals surface area contributed by atoms with Crippen LogP contribution in [0.2, 0.25) is 0 Å². The summed E-state index contributed by atoms with van der Waals surface area (Å²) in [5.41, 5.74) is -1.68. The third-order valence-corrected chi connectivity index (χ3v) is 2.38. The first-order chi connectivity index (χ1) is 9.04. The monoisotopic (exact) mass is 263 g/mol. The molecule has 0 aliphatic carbocycles. The third-order valence-electron chi connectivity index (χ3n) is 2.38. The molecule has 7 heteroatoms. The van der Waals surface area contributed by atoms with Crippen molar-refractivity contribution in [3.63, 3.8) is 0 Å². The first kappa shape index (κ1) is 12.7. The molecule has 0 amide bonds. The number of para-hydroxylation sites is 1. The molecule has 0 aliphatic heterocycles. The minimum absolute atomic E-state index is 0.134. The Balaban J connectivity index is 2.73. The summed E-state index contributed by atoms with van der Waals surface area (Å²) in [5, 5.41) is 21.6. The summed E-state index contributed by atoms with van der Waals surface area (Å²) in [5.74, 6) is -2.43. The number of rotatable bonds is 2. The maximum absolute atomic E-state index is 13.6. The molecule has 1 heterocycles. The fraction of sp³-hybridized carbons (Fsp3) is 0.0833. The Hall–Kier alpha value is -2.75. The normalized spacial score (nSPS) is 10.2. The van der Waals surface area contributed by atoms with Gasteiger partial charge in [0, 0.05) is 6.07 Å². The fourth-order valence-electron chi connectivity index (χ4n) is 1.53. The average molecular weight is 263 g/mol. The van der Waals surface area contributed by atoms with Crippen molar-refractivity contribution in [3.8, 4) is 17.5 Å². The molecular weight excluding hydrogens is 256 g/mol. The number of aromatic nitrogens is 2. The summed E-state index contributed by atoms with van der Waals surface area (Å²) < 4.78 is 27.6. The van der Waals surface area contributed by atoms with Gasteiger partial charge in [0.2, 0.25) is 0 Å². The molecule has 0 spiro atoms. The Morgan fingerprint density at radius 3 is 2.58 bits per heavy atom. The van der Waals surface area contributed by atoms with Crippen LogP contribution in [0, 0.1) is 23.0 Å². The van der Waals surface area contributed by atoms with E-state index in [1.165, 1.54) is 0 Å². The lowest BCUT2D eigenvalue weighted by Crippen LogP contribution is -2.23. The first-order valence-electron chi connectivity index (χ1n) is 5.18. The van der Waals surface area contributed by atoms with Gasteiger partial charge in [0.25, 0.3) is 5.56 Å².